The largest absolute Gasteiger partial charge is 0.345 e. The van der Waals surface area contributed by atoms with Crippen LogP contribution in [-0.2, 0) is 25.7 Å². The van der Waals surface area contributed by atoms with Crippen LogP contribution in [0.3, 0.4) is 0 Å². The first kappa shape index (κ1) is 27.3. The minimum atomic E-state index is -0.677. The summed E-state index contributed by atoms with van der Waals surface area (Å²) in [7, 11) is 0. The van der Waals surface area contributed by atoms with Crippen molar-refractivity contribution in [1.29, 1.82) is 0 Å². The van der Waals surface area contributed by atoms with Crippen LogP contribution in [0.4, 0.5) is 0 Å². The number of hydrogen-bond acceptors (Lipinski definition) is 6. The predicted octanol–water partition coefficient (Wildman–Crippen LogP) is 1.55. The molecular weight excluding hydrogens is 486 g/mol. The highest BCUT2D eigenvalue weighted by molar-refractivity contribution is 5.91. The van der Waals surface area contributed by atoms with E-state index in [0.29, 0.717) is 57.0 Å². The minimum Gasteiger partial charge on any atom is -0.345 e. The molecule has 1 aromatic carbocycles. The Balaban J connectivity index is 1.65. The zero-order valence-electron chi connectivity index (χ0n) is 22.3. The number of nitrogens with zero attached hydrogens (tertiary/aromatic N) is 4. The molecule has 1 fully saturated rings. The number of fused-ring (bicyclic) bond motifs is 1. The lowest BCUT2D eigenvalue weighted by atomic mass is 10.0. The maximum absolute atomic E-state index is 13.3. The van der Waals surface area contributed by atoms with E-state index < -0.39 is 18.1 Å². The fourth-order valence-electron chi connectivity index (χ4n) is 4.89. The van der Waals surface area contributed by atoms with Gasteiger partial charge in [0.1, 0.15) is 17.9 Å². The van der Waals surface area contributed by atoms with Gasteiger partial charge in [0, 0.05) is 31.5 Å². The lowest BCUT2D eigenvalue weighted by molar-refractivity contribution is -0.135. The maximum Gasteiger partial charge on any atom is 0.245 e. The van der Waals surface area contributed by atoms with Gasteiger partial charge in [0.2, 0.25) is 23.6 Å². The van der Waals surface area contributed by atoms with Gasteiger partial charge in [-0.1, -0.05) is 44.2 Å². The number of aromatic nitrogens is 3. The van der Waals surface area contributed by atoms with Gasteiger partial charge in [0.05, 0.1) is 12.6 Å². The monoisotopic (exact) mass is 523 g/mol. The van der Waals surface area contributed by atoms with Gasteiger partial charge in [-0.25, -0.2) is 9.67 Å². The number of carbonyl (C=O) groups is 4. The van der Waals surface area contributed by atoms with E-state index in [2.05, 4.69) is 16.0 Å². The summed E-state index contributed by atoms with van der Waals surface area (Å²) in [6, 6.07) is 7.85. The summed E-state index contributed by atoms with van der Waals surface area (Å²) < 4.78 is 1.74. The lowest BCUT2D eigenvalue weighted by Gasteiger charge is -2.27. The summed E-state index contributed by atoms with van der Waals surface area (Å²) in [5.41, 5.74) is 0.843. The lowest BCUT2D eigenvalue weighted by Crippen LogP contribution is -2.49. The summed E-state index contributed by atoms with van der Waals surface area (Å²) in [5.74, 6) is 0.504. The van der Waals surface area contributed by atoms with Gasteiger partial charge in [-0.2, -0.15) is 5.10 Å². The Morgan fingerprint density at radius 2 is 1.74 bits per heavy atom. The molecule has 0 radical (unpaired) electrons. The van der Waals surface area contributed by atoms with Crippen molar-refractivity contribution in [2.24, 2.45) is 5.92 Å². The molecule has 11 nitrogen and oxygen atoms in total. The summed E-state index contributed by atoms with van der Waals surface area (Å²) in [6.45, 7) is 6.87. The summed E-state index contributed by atoms with van der Waals surface area (Å²) >= 11 is 0. The third-order valence-corrected chi connectivity index (χ3v) is 6.86. The van der Waals surface area contributed by atoms with Gasteiger partial charge in [-0.15, -0.1) is 0 Å². The summed E-state index contributed by atoms with van der Waals surface area (Å²) in [6.07, 6.45) is 1.91. The van der Waals surface area contributed by atoms with E-state index in [0.717, 1.165) is 5.56 Å². The van der Waals surface area contributed by atoms with Crippen molar-refractivity contribution in [2.45, 2.75) is 77.5 Å². The van der Waals surface area contributed by atoms with Gasteiger partial charge in [-0.05, 0) is 32.1 Å². The van der Waals surface area contributed by atoms with Crippen LogP contribution in [0, 0.1) is 5.92 Å². The van der Waals surface area contributed by atoms with Crippen LogP contribution in [0.15, 0.2) is 30.3 Å². The van der Waals surface area contributed by atoms with Crippen LogP contribution in [0.2, 0.25) is 0 Å². The highest BCUT2D eigenvalue weighted by atomic mass is 16.2. The van der Waals surface area contributed by atoms with Crippen LogP contribution in [0.1, 0.15) is 64.7 Å². The van der Waals surface area contributed by atoms with Crippen LogP contribution < -0.4 is 16.0 Å². The Morgan fingerprint density at radius 3 is 2.42 bits per heavy atom. The van der Waals surface area contributed by atoms with Crippen molar-refractivity contribution < 1.29 is 19.2 Å². The zero-order chi connectivity index (χ0) is 27.2. The van der Waals surface area contributed by atoms with Gasteiger partial charge >= 0.3 is 0 Å². The third-order valence-electron chi connectivity index (χ3n) is 6.86. The second-order valence-electron chi connectivity index (χ2n) is 10.5. The maximum atomic E-state index is 13.3. The first-order valence-electron chi connectivity index (χ1n) is 13.4. The van der Waals surface area contributed by atoms with Crippen LogP contribution in [0.5, 0.6) is 0 Å². The molecule has 1 saturated heterocycles. The Bertz CT molecular complexity index is 1160. The van der Waals surface area contributed by atoms with Crippen LogP contribution in [-0.4, -0.2) is 68.5 Å². The second-order valence-corrected chi connectivity index (χ2v) is 10.5. The molecule has 0 saturated carbocycles. The molecule has 0 aliphatic carbocycles. The highest BCUT2D eigenvalue weighted by Gasteiger charge is 2.32. The zero-order valence-corrected chi connectivity index (χ0v) is 22.3. The molecule has 11 heteroatoms. The van der Waals surface area contributed by atoms with E-state index in [9.17, 15) is 19.2 Å². The molecule has 3 atom stereocenters. The van der Waals surface area contributed by atoms with Gasteiger partial charge < -0.3 is 20.9 Å². The number of rotatable bonds is 4. The molecular formula is C27H37N7O4. The molecule has 0 bridgehead atoms. The fourth-order valence-corrected chi connectivity index (χ4v) is 4.89. The Morgan fingerprint density at radius 1 is 1.00 bits per heavy atom. The molecule has 4 rings (SSSR count). The van der Waals surface area contributed by atoms with E-state index >= 15 is 0 Å². The van der Waals surface area contributed by atoms with Crippen molar-refractivity contribution in [3.8, 4) is 11.4 Å². The molecule has 204 valence electrons. The molecule has 2 aromatic rings. The Kier molecular flexibility index (Phi) is 8.75. The molecule has 3 heterocycles. The van der Waals surface area contributed by atoms with E-state index in [1.165, 1.54) is 0 Å². The first-order valence-corrected chi connectivity index (χ1v) is 13.4. The average Bonchev–Trinajstić information content (AvgIpc) is 3.51. The summed E-state index contributed by atoms with van der Waals surface area (Å²) in [5, 5.41) is 13.4. The predicted molar refractivity (Wildman–Crippen MR) is 140 cm³/mol. The molecule has 0 spiro atoms. The topological polar surface area (TPSA) is 138 Å². The van der Waals surface area contributed by atoms with Gasteiger partial charge in [0.15, 0.2) is 5.82 Å². The van der Waals surface area contributed by atoms with E-state index in [4.69, 9.17) is 10.1 Å². The van der Waals surface area contributed by atoms with Crippen molar-refractivity contribution in [3.05, 3.63) is 36.2 Å². The van der Waals surface area contributed by atoms with Gasteiger partial charge in [-0.3, -0.25) is 19.2 Å². The van der Waals surface area contributed by atoms with Crippen LogP contribution in [0.25, 0.3) is 11.4 Å². The SMILES string of the molecule is CC(C)C[C@H]1NC(=O)CCCN(C(=O)[C@@H]2CCC(=O)N2)CCn2nc(-c3ccccc3)nc2[C@@H](C)NC1=O. The quantitative estimate of drug-likeness (QED) is 0.556. The number of amides is 4. The van der Waals surface area contributed by atoms with E-state index in [-0.39, 0.29) is 36.0 Å². The smallest absolute Gasteiger partial charge is 0.245 e. The fraction of sp³-hybridized carbons (Fsp3) is 0.556. The third kappa shape index (κ3) is 6.76. The first-order chi connectivity index (χ1) is 18.2. The van der Waals surface area contributed by atoms with Crippen molar-refractivity contribution >= 4 is 23.6 Å². The Labute approximate surface area is 222 Å². The molecule has 38 heavy (non-hydrogen) atoms. The van der Waals surface area contributed by atoms with E-state index in [1.54, 1.807) is 9.58 Å². The summed E-state index contributed by atoms with van der Waals surface area (Å²) in [4.78, 5) is 57.4. The average molecular weight is 524 g/mol. The number of nitrogens with one attached hydrogen (secondary N) is 3. The number of hydrogen-bond donors (Lipinski definition) is 3. The van der Waals surface area contributed by atoms with Crippen LogP contribution >= 0.6 is 0 Å². The highest BCUT2D eigenvalue weighted by Crippen LogP contribution is 2.20. The number of carbonyl (C=O) groups excluding carboxylic acids is 4. The minimum absolute atomic E-state index is 0.128. The molecule has 0 unspecified atom stereocenters. The normalized spacial score (nSPS) is 23.3. The molecule has 1 aromatic heterocycles. The van der Waals surface area contributed by atoms with Crippen molar-refractivity contribution in [2.75, 3.05) is 13.1 Å². The molecule has 4 amide bonds. The molecule has 3 N–H and O–H groups in total. The van der Waals surface area contributed by atoms with Gasteiger partial charge in [0.25, 0.3) is 0 Å². The number of benzene rings is 1. The van der Waals surface area contributed by atoms with E-state index in [1.807, 2.05) is 51.1 Å². The second kappa shape index (κ2) is 12.2. The molecule has 2 aliphatic rings. The molecule has 2 aliphatic heterocycles. The van der Waals surface area contributed by atoms with Crippen molar-refractivity contribution in [3.63, 3.8) is 0 Å². The standard InChI is InChI=1S/C27H37N7O4/c1-17(2)16-21-26(37)28-18(3)25-31-24(19-8-5-4-6-9-19)32-34(25)15-14-33(13-7-10-22(35)30-21)27(38)20-11-12-23(36)29-20/h4-6,8-9,17-18,20-21H,7,10-16H2,1-3H3,(H,28,37)(H,29,36)(H,30,35)/t18-,20+,21-/m1/s1. The van der Waals surface area contributed by atoms with Crippen molar-refractivity contribution in [1.82, 2.24) is 35.6 Å². The Hall–Kier alpha value is -3.76.